The van der Waals surface area contributed by atoms with Crippen molar-refractivity contribution in [1.82, 2.24) is 10.2 Å². The van der Waals surface area contributed by atoms with Crippen LogP contribution >= 0.6 is 0 Å². The van der Waals surface area contributed by atoms with E-state index in [0.717, 1.165) is 30.9 Å². The van der Waals surface area contributed by atoms with E-state index in [1.54, 1.807) is 0 Å². The molecule has 1 aromatic rings. The van der Waals surface area contributed by atoms with Gasteiger partial charge in [0, 0.05) is 23.7 Å². The lowest BCUT2D eigenvalue weighted by Crippen LogP contribution is -2.47. The Balaban J connectivity index is 1.83. The van der Waals surface area contributed by atoms with E-state index in [1.807, 2.05) is 12.1 Å². The first-order valence-corrected chi connectivity index (χ1v) is 9.29. The molecule has 1 aromatic carbocycles. The summed E-state index contributed by atoms with van der Waals surface area (Å²) in [5.74, 6) is 1.63. The van der Waals surface area contributed by atoms with E-state index in [4.69, 9.17) is 0 Å². The number of nitrogens with one attached hydrogen (secondary N) is 1. The van der Waals surface area contributed by atoms with Crippen molar-refractivity contribution < 1.29 is 4.79 Å². The number of amides is 1. The molecule has 0 radical (unpaired) electrons. The molecule has 1 heterocycles. The van der Waals surface area contributed by atoms with Gasteiger partial charge < -0.3 is 4.90 Å². The van der Waals surface area contributed by atoms with Gasteiger partial charge in [0.1, 0.15) is 6.17 Å². The first-order valence-electron chi connectivity index (χ1n) is 9.29. The molecular weight excluding hydrogens is 284 g/mol. The molecule has 23 heavy (non-hydrogen) atoms. The molecule has 3 heteroatoms. The molecule has 2 aliphatic rings. The maximum absolute atomic E-state index is 12.8. The summed E-state index contributed by atoms with van der Waals surface area (Å²) in [6, 6.07) is 8.63. The Hall–Kier alpha value is -1.35. The Bertz CT molecular complexity index is 556. The van der Waals surface area contributed by atoms with E-state index in [1.165, 1.54) is 24.8 Å². The van der Waals surface area contributed by atoms with E-state index in [2.05, 4.69) is 43.1 Å². The number of rotatable bonds is 5. The number of unbranched alkanes of at least 4 members (excludes halogenated alkanes) is 1. The monoisotopic (exact) mass is 314 g/mol. The normalized spacial score (nSPS) is 30.6. The molecule has 1 N–H and O–H groups in total. The smallest absolute Gasteiger partial charge is 0.255 e. The number of carbonyl (C=O) groups is 1. The van der Waals surface area contributed by atoms with E-state index >= 15 is 0 Å². The molecule has 1 fully saturated rings. The maximum atomic E-state index is 12.8. The fourth-order valence-corrected chi connectivity index (χ4v) is 4.13. The van der Waals surface area contributed by atoms with Gasteiger partial charge in [0.05, 0.1) is 0 Å². The summed E-state index contributed by atoms with van der Waals surface area (Å²) >= 11 is 0. The van der Waals surface area contributed by atoms with Crippen molar-refractivity contribution in [3.05, 3.63) is 35.4 Å². The zero-order chi connectivity index (χ0) is 16.4. The van der Waals surface area contributed by atoms with Crippen LogP contribution in [0.25, 0.3) is 0 Å². The third-order valence-corrected chi connectivity index (χ3v) is 5.89. The maximum Gasteiger partial charge on any atom is 0.255 e. The molecular formula is C20H30N2O. The standard InChI is InChI=1S/C20H30N2O/c1-4-5-13-22-19(16-10-6-7-11-17(16)20(22)23)21-18-12-8-9-14(2)15(18)3/h6-7,10-11,14-15,18-19,21H,4-5,8-9,12-13H2,1-3H3/t14-,15+,18+,19+/m0/s1. The van der Waals surface area contributed by atoms with Crippen molar-refractivity contribution in [2.75, 3.05) is 6.54 Å². The average molecular weight is 314 g/mol. The topological polar surface area (TPSA) is 32.3 Å². The predicted molar refractivity (Wildman–Crippen MR) is 94.2 cm³/mol. The quantitative estimate of drug-likeness (QED) is 0.876. The van der Waals surface area contributed by atoms with E-state index in [-0.39, 0.29) is 12.1 Å². The first kappa shape index (κ1) is 16.5. The Morgan fingerprint density at radius 1 is 1.22 bits per heavy atom. The van der Waals surface area contributed by atoms with Gasteiger partial charge >= 0.3 is 0 Å². The summed E-state index contributed by atoms with van der Waals surface area (Å²) in [4.78, 5) is 14.8. The summed E-state index contributed by atoms with van der Waals surface area (Å²) in [7, 11) is 0. The van der Waals surface area contributed by atoms with Crippen LogP contribution in [0.1, 0.15) is 75.0 Å². The number of fused-ring (bicyclic) bond motifs is 1. The van der Waals surface area contributed by atoms with Crippen LogP contribution in [0.5, 0.6) is 0 Å². The van der Waals surface area contributed by atoms with E-state index in [9.17, 15) is 4.79 Å². The molecule has 0 aromatic heterocycles. The van der Waals surface area contributed by atoms with Crippen LogP contribution in [0, 0.1) is 11.8 Å². The van der Waals surface area contributed by atoms with Gasteiger partial charge in [0.15, 0.2) is 0 Å². The molecule has 3 rings (SSSR count). The number of hydrogen-bond acceptors (Lipinski definition) is 2. The minimum absolute atomic E-state index is 0.0583. The molecule has 1 amide bonds. The molecule has 126 valence electrons. The molecule has 0 saturated heterocycles. The largest absolute Gasteiger partial charge is 0.319 e. The second kappa shape index (κ2) is 7.04. The Morgan fingerprint density at radius 2 is 2.00 bits per heavy atom. The molecule has 4 atom stereocenters. The average Bonchev–Trinajstić information content (AvgIpc) is 2.82. The zero-order valence-corrected chi connectivity index (χ0v) is 14.7. The lowest BCUT2D eigenvalue weighted by molar-refractivity contribution is 0.0640. The van der Waals surface area contributed by atoms with Crippen LogP contribution < -0.4 is 5.32 Å². The highest BCUT2D eigenvalue weighted by Crippen LogP contribution is 2.36. The van der Waals surface area contributed by atoms with Crippen LogP contribution in [0.4, 0.5) is 0 Å². The number of carbonyl (C=O) groups excluding carboxylic acids is 1. The fourth-order valence-electron chi connectivity index (χ4n) is 4.13. The van der Waals surface area contributed by atoms with Crippen molar-refractivity contribution in [1.29, 1.82) is 0 Å². The lowest BCUT2D eigenvalue weighted by atomic mass is 9.78. The van der Waals surface area contributed by atoms with Gasteiger partial charge in [0.2, 0.25) is 0 Å². The molecule has 0 bridgehead atoms. The molecule has 1 saturated carbocycles. The van der Waals surface area contributed by atoms with Crippen molar-refractivity contribution in [3.63, 3.8) is 0 Å². The van der Waals surface area contributed by atoms with Crippen LogP contribution in [0.15, 0.2) is 24.3 Å². The molecule has 0 unspecified atom stereocenters. The van der Waals surface area contributed by atoms with Crippen LogP contribution in [-0.2, 0) is 0 Å². The third-order valence-electron chi connectivity index (χ3n) is 5.89. The van der Waals surface area contributed by atoms with Gasteiger partial charge in [0.25, 0.3) is 5.91 Å². The second-order valence-electron chi connectivity index (χ2n) is 7.38. The molecule has 0 spiro atoms. The van der Waals surface area contributed by atoms with Crippen LogP contribution in [0.2, 0.25) is 0 Å². The highest BCUT2D eigenvalue weighted by atomic mass is 16.2. The predicted octanol–water partition coefficient (Wildman–Crippen LogP) is 4.36. The Labute approximate surface area is 140 Å². The van der Waals surface area contributed by atoms with E-state index < -0.39 is 0 Å². The van der Waals surface area contributed by atoms with Crippen molar-refractivity contribution in [2.24, 2.45) is 11.8 Å². The Morgan fingerprint density at radius 3 is 2.78 bits per heavy atom. The third kappa shape index (κ3) is 3.16. The minimum atomic E-state index is 0.0583. The van der Waals surface area contributed by atoms with Crippen molar-refractivity contribution in [3.8, 4) is 0 Å². The van der Waals surface area contributed by atoms with Gasteiger partial charge in [-0.25, -0.2) is 0 Å². The number of benzene rings is 1. The van der Waals surface area contributed by atoms with Gasteiger partial charge in [-0.2, -0.15) is 0 Å². The molecule has 1 aliphatic heterocycles. The summed E-state index contributed by atoms with van der Waals surface area (Å²) in [5, 5.41) is 3.85. The molecule has 3 nitrogen and oxygen atoms in total. The summed E-state index contributed by atoms with van der Waals surface area (Å²) < 4.78 is 0. The van der Waals surface area contributed by atoms with Crippen LogP contribution in [-0.4, -0.2) is 23.4 Å². The first-order chi connectivity index (χ1) is 11.1. The fraction of sp³-hybridized carbons (Fsp3) is 0.650. The Kier molecular flexibility index (Phi) is 5.05. The SMILES string of the molecule is CCCCN1C(=O)c2ccccc2[C@@H]1N[C@@H]1CCC[C@H](C)[C@H]1C. The lowest BCUT2D eigenvalue weighted by Gasteiger charge is -2.38. The van der Waals surface area contributed by atoms with Crippen molar-refractivity contribution >= 4 is 5.91 Å². The van der Waals surface area contributed by atoms with Gasteiger partial charge in [-0.05, 0) is 30.7 Å². The van der Waals surface area contributed by atoms with Gasteiger partial charge in [-0.15, -0.1) is 0 Å². The number of hydrogen-bond donors (Lipinski definition) is 1. The second-order valence-corrected chi connectivity index (χ2v) is 7.38. The van der Waals surface area contributed by atoms with Crippen LogP contribution in [0.3, 0.4) is 0 Å². The van der Waals surface area contributed by atoms with Gasteiger partial charge in [-0.1, -0.05) is 58.2 Å². The van der Waals surface area contributed by atoms with E-state index in [0.29, 0.717) is 12.0 Å². The minimum Gasteiger partial charge on any atom is -0.319 e. The number of nitrogens with zero attached hydrogens (tertiary/aromatic N) is 1. The highest BCUT2D eigenvalue weighted by molar-refractivity contribution is 5.99. The summed E-state index contributed by atoms with van der Waals surface area (Å²) in [6.07, 6.45) is 6.08. The molecule has 1 aliphatic carbocycles. The summed E-state index contributed by atoms with van der Waals surface area (Å²) in [5.41, 5.74) is 2.05. The highest BCUT2D eigenvalue weighted by Gasteiger charge is 2.38. The van der Waals surface area contributed by atoms with Crippen molar-refractivity contribution in [2.45, 2.75) is 65.1 Å². The summed E-state index contributed by atoms with van der Waals surface area (Å²) in [6.45, 7) is 7.75. The zero-order valence-electron chi connectivity index (χ0n) is 14.7. The van der Waals surface area contributed by atoms with Gasteiger partial charge in [-0.3, -0.25) is 10.1 Å².